The van der Waals surface area contributed by atoms with Crippen LogP contribution in [0.3, 0.4) is 0 Å². The molecule has 0 unspecified atom stereocenters. The second-order valence-corrected chi connectivity index (χ2v) is 3.60. The Kier molecular flexibility index (Phi) is 3.34. The van der Waals surface area contributed by atoms with E-state index in [-0.39, 0.29) is 12.5 Å². The van der Waals surface area contributed by atoms with Gasteiger partial charge in [-0.05, 0) is 5.56 Å². The van der Waals surface area contributed by atoms with Crippen LogP contribution in [0, 0.1) is 0 Å². The first-order chi connectivity index (χ1) is 8.24. The van der Waals surface area contributed by atoms with Crippen LogP contribution in [0.5, 0.6) is 0 Å². The van der Waals surface area contributed by atoms with Crippen LogP contribution in [-0.2, 0) is 17.9 Å². The molecule has 17 heavy (non-hydrogen) atoms. The van der Waals surface area contributed by atoms with Gasteiger partial charge in [-0.1, -0.05) is 35.5 Å². The molecule has 0 saturated carbocycles. The van der Waals surface area contributed by atoms with Gasteiger partial charge in [0.15, 0.2) is 5.82 Å². The molecule has 1 amide bonds. The van der Waals surface area contributed by atoms with Gasteiger partial charge in [0.05, 0.1) is 6.20 Å². The van der Waals surface area contributed by atoms with Crippen LogP contribution in [0.1, 0.15) is 5.56 Å². The van der Waals surface area contributed by atoms with Crippen LogP contribution in [0.2, 0.25) is 0 Å². The quantitative estimate of drug-likeness (QED) is 0.785. The van der Waals surface area contributed by atoms with Gasteiger partial charge in [0, 0.05) is 6.54 Å². The number of nitrogen functional groups attached to an aromatic ring is 1. The Balaban J connectivity index is 1.82. The highest BCUT2D eigenvalue weighted by molar-refractivity contribution is 5.75. The van der Waals surface area contributed by atoms with Gasteiger partial charge >= 0.3 is 0 Å². The summed E-state index contributed by atoms with van der Waals surface area (Å²) in [6.07, 6.45) is 1.52. The summed E-state index contributed by atoms with van der Waals surface area (Å²) in [7, 11) is 0. The lowest BCUT2D eigenvalue weighted by molar-refractivity contribution is -0.122. The van der Waals surface area contributed by atoms with Crippen molar-refractivity contribution in [2.24, 2.45) is 0 Å². The van der Waals surface area contributed by atoms with Crippen molar-refractivity contribution in [3.63, 3.8) is 0 Å². The van der Waals surface area contributed by atoms with E-state index in [0.29, 0.717) is 12.4 Å². The fourth-order valence-corrected chi connectivity index (χ4v) is 1.39. The Morgan fingerprint density at radius 2 is 2.12 bits per heavy atom. The Labute approximate surface area is 98.4 Å². The van der Waals surface area contributed by atoms with Crippen molar-refractivity contribution in [3.8, 4) is 0 Å². The summed E-state index contributed by atoms with van der Waals surface area (Å²) >= 11 is 0. The molecule has 0 spiro atoms. The number of nitrogens with one attached hydrogen (secondary N) is 1. The molecule has 88 valence electrons. The zero-order chi connectivity index (χ0) is 12.1. The van der Waals surface area contributed by atoms with Crippen molar-refractivity contribution >= 4 is 11.7 Å². The molecule has 0 saturated heterocycles. The van der Waals surface area contributed by atoms with E-state index >= 15 is 0 Å². The lowest BCUT2D eigenvalue weighted by Crippen LogP contribution is -2.27. The van der Waals surface area contributed by atoms with E-state index in [9.17, 15) is 4.79 Å². The molecule has 0 fully saturated rings. The monoisotopic (exact) mass is 231 g/mol. The number of carbonyl (C=O) groups is 1. The van der Waals surface area contributed by atoms with E-state index < -0.39 is 0 Å². The van der Waals surface area contributed by atoms with Crippen molar-refractivity contribution in [1.82, 2.24) is 20.3 Å². The zero-order valence-electron chi connectivity index (χ0n) is 9.21. The number of aromatic nitrogens is 3. The lowest BCUT2D eigenvalue weighted by atomic mass is 10.2. The number of nitrogens with zero attached hydrogens (tertiary/aromatic N) is 3. The molecular formula is C11H13N5O. The molecule has 0 atom stereocenters. The lowest BCUT2D eigenvalue weighted by Gasteiger charge is -2.04. The maximum absolute atomic E-state index is 11.6. The van der Waals surface area contributed by atoms with Crippen LogP contribution in [-0.4, -0.2) is 20.9 Å². The molecule has 0 aliphatic rings. The second kappa shape index (κ2) is 5.11. The minimum atomic E-state index is -0.126. The van der Waals surface area contributed by atoms with Gasteiger partial charge < -0.3 is 11.1 Å². The van der Waals surface area contributed by atoms with Crippen LogP contribution in [0.25, 0.3) is 0 Å². The number of amides is 1. The van der Waals surface area contributed by atoms with Gasteiger partial charge in [0.1, 0.15) is 6.54 Å². The van der Waals surface area contributed by atoms with E-state index in [1.807, 2.05) is 30.3 Å². The topological polar surface area (TPSA) is 85.8 Å². The highest BCUT2D eigenvalue weighted by atomic mass is 16.2. The minimum Gasteiger partial charge on any atom is -0.381 e. The Morgan fingerprint density at radius 3 is 2.76 bits per heavy atom. The van der Waals surface area contributed by atoms with Gasteiger partial charge in [-0.15, -0.1) is 5.10 Å². The molecule has 1 heterocycles. The average Bonchev–Trinajstić information content (AvgIpc) is 2.73. The summed E-state index contributed by atoms with van der Waals surface area (Å²) in [6, 6.07) is 9.70. The number of carbonyl (C=O) groups excluding carboxylic acids is 1. The smallest absolute Gasteiger partial charge is 0.242 e. The summed E-state index contributed by atoms with van der Waals surface area (Å²) < 4.78 is 1.40. The third-order valence-corrected chi connectivity index (χ3v) is 2.19. The summed E-state index contributed by atoms with van der Waals surface area (Å²) in [6.45, 7) is 0.626. The molecule has 1 aromatic carbocycles. The number of hydrogen-bond acceptors (Lipinski definition) is 4. The van der Waals surface area contributed by atoms with E-state index in [1.165, 1.54) is 10.9 Å². The van der Waals surface area contributed by atoms with Gasteiger partial charge in [-0.25, -0.2) is 4.68 Å². The van der Waals surface area contributed by atoms with Crippen molar-refractivity contribution in [2.45, 2.75) is 13.1 Å². The largest absolute Gasteiger partial charge is 0.381 e. The molecule has 1 aromatic heterocycles. The Bertz CT molecular complexity index is 494. The van der Waals surface area contributed by atoms with Gasteiger partial charge in [-0.3, -0.25) is 4.79 Å². The van der Waals surface area contributed by atoms with E-state index in [2.05, 4.69) is 15.6 Å². The standard InChI is InChI=1S/C11H13N5O/c12-10-7-16(15-14-10)8-11(17)13-6-9-4-2-1-3-5-9/h1-5,7H,6,8,12H2,(H,13,17). The minimum absolute atomic E-state index is 0.122. The first kappa shape index (κ1) is 11.1. The highest BCUT2D eigenvalue weighted by Crippen LogP contribution is 1.97. The maximum atomic E-state index is 11.6. The van der Waals surface area contributed by atoms with Crippen molar-refractivity contribution in [2.75, 3.05) is 5.73 Å². The molecule has 6 heteroatoms. The molecule has 0 aliphatic heterocycles. The van der Waals surface area contributed by atoms with Crippen LogP contribution < -0.4 is 11.1 Å². The van der Waals surface area contributed by atoms with Crippen LogP contribution in [0.4, 0.5) is 5.82 Å². The molecule has 2 aromatic rings. The SMILES string of the molecule is Nc1cn(CC(=O)NCc2ccccc2)nn1. The Hall–Kier alpha value is -2.37. The molecule has 6 nitrogen and oxygen atoms in total. The predicted octanol–water partition coefficient (Wildman–Crippen LogP) is 0.177. The summed E-state index contributed by atoms with van der Waals surface area (Å²) in [5.41, 5.74) is 6.45. The molecule has 3 N–H and O–H groups in total. The third-order valence-electron chi connectivity index (χ3n) is 2.19. The van der Waals surface area contributed by atoms with Gasteiger partial charge in [0.25, 0.3) is 0 Å². The number of benzene rings is 1. The van der Waals surface area contributed by atoms with Gasteiger partial charge in [0.2, 0.25) is 5.91 Å². The van der Waals surface area contributed by atoms with Crippen molar-refractivity contribution in [1.29, 1.82) is 0 Å². The predicted molar refractivity (Wildman–Crippen MR) is 62.7 cm³/mol. The van der Waals surface area contributed by atoms with Gasteiger partial charge in [-0.2, -0.15) is 0 Å². The van der Waals surface area contributed by atoms with E-state index in [1.54, 1.807) is 0 Å². The number of rotatable bonds is 4. The zero-order valence-corrected chi connectivity index (χ0v) is 9.21. The number of anilines is 1. The third kappa shape index (κ3) is 3.30. The fourth-order valence-electron chi connectivity index (χ4n) is 1.39. The van der Waals surface area contributed by atoms with E-state index in [4.69, 9.17) is 5.73 Å². The molecule has 2 rings (SSSR count). The highest BCUT2D eigenvalue weighted by Gasteiger charge is 2.04. The first-order valence-corrected chi connectivity index (χ1v) is 5.20. The van der Waals surface area contributed by atoms with Crippen LogP contribution in [0.15, 0.2) is 36.5 Å². The summed E-state index contributed by atoms with van der Waals surface area (Å²) in [5.74, 6) is 0.180. The maximum Gasteiger partial charge on any atom is 0.242 e. The molecule has 0 radical (unpaired) electrons. The molecular weight excluding hydrogens is 218 g/mol. The average molecular weight is 231 g/mol. The normalized spacial score (nSPS) is 10.1. The van der Waals surface area contributed by atoms with Crippen molar-refractivity contribution < 1.29 is 4.79 Å². The molecule has 0 bridgehead atoms. The van der Waals surface area contributed by atoms with E-state index in [0.717, 1.165) is 5.56 Å². The van der Waals surface area contributed by atoms with Crippen LogP contribution >= 0.6 is 0 Å². The number of nitrogens with two attached hydrogens (primary N) is 1. The Morgan fingerprint density at radius 1 is 1.35 bits per heavy atom. The fraction of sp³-hybridized carbons (Fsp3) is 0.182. The summed E-state index contributed by atoms with van der Waals surface area (Å²) in [5, 5.41) is 10.1. The van der Waals surface area contributed by atoms with Crippen molar-refractivity contribution in [3.05, 3.63) is 42.1 Å². The summed E-state index contributed by atoms with van der Waals surface area (Å²) in [4.78, 5) is 11.6. The second-order valence-electron chi connectivity index (χ2n) is 3.60. The first-order valence-electron chi connectivity index (χ1n) is 5.20. The number of hydrogen-bond donors (Lipinski definition) is 2. The molecule has 0 aliphatic carbocycles.